The SMILES string of the molecule is O=C(CSc1ncc(-c2ccccc2)[nH]1)c1ccc(F)c(F)c1. The molecule has 1 heterocycles. The minimum Gasteiger partial charge on any atom is -0.333 e. The molecule has 0 saturated heterocycles. The summed E-state index contributed by atoms with van der Waals surface area (Å²) in [4.78, 5) is 19.3. The minimum atomic E-state index is -1.02. The van der Waals surface area contributed by atoms with E-state index in [2.05, 4.69) is 9.97 Å². The van der Waals surface area contributed by atoms with Crippen LogP contribution in [0.5, 0.6) is 0 Å². The fraction of sp³-hybridized carbons (Fsp3) is 0.0588. The van der Waals surface area contributed by atoms with Gasteiger partial charge in [-0.15, -0.1) is 0 Å². The second-order valence-electron chi connectivity index (χ2n) is 4.81. The summed E-state index contributed by atoms with van der Waals surface area (Å²) >= 11 is 1.22. The number of carbonyl (C=O) groups is 1. The number of thioether (sulfide) groups is 1. The number of imidazole rings is 1. The Morgan fingerprint density at radius 2 is 1.87 bits per heavy atom. The second-order valence-corrected chi connectivity index (χ2v) is 5.77. The lowest BCUT2D eigenvalue weighted by atomic mass is 10.1. The number of H-pyrrole nitrogens is 1. The first-order valence-electron chi connectivity index (χ1n) is 6.85. The average Bonchev–Trinajstić information content (AvgIpc) is 3.05. The predicted molar refractivity (Wildman–Crippen MR) is 85.4 cm³/mol. The molecular formula is C17H12F2N2OS. The van der Waals surface area contributed by atoms with Gasteiger partial charge in [0.15, 0.2) is 22.6 Å². The maximum Gasteiger partial charge on any atom is 0.173 e. The van der Waals surface area contributed by atoms with Crippen molar-refractivity contribution < 1.29 is 13.6 Å². The van der Waals surface area contributed by atoms with Crippen LogP contribution in [0.3, 0.4) is 0 Å². The summed E-state index contributed by atoms with van der Waals surface area (Å²) in [6.45, 7) is 0. The van der Waals surface area contributed by atoms with E-state index in [-0.39, 0.29) is 17.1 Å². The lowest BCUT2D eigenvalue weighted by molar-refractivity contribution is 0.102. The third kappa shape index (κ3) is 3.65. The molecule has 3 aromatic rings. The van der Waals surface area contributed by atoms with E-state index in [0.29, 0.717) is 5.16 Å². The molecule has 0 radical (unpaired) electrons. The van der Waals surface area contributed by atoms with Crippen molar-refractivity contribution in [3.63, 3.8) is 0 Å². The Morgan fingerprint density at radius 3 is 2.61 bits per heavy atom. The zero-order valence-corrected chi connectivity index (χ0v) is 12.7. The van der Waals surface area contributed by atoms with E-state index in [1.165, 1.54) is 17.8 Å². The Balaban J connectivity index is 1.65. The zero-order chi connectivity index (χ0) is 16.2. The van der Waals surface area contributed by atoms with Gasteiger partial charge in [0.05, 0.1) is 17.6 Å². The van der Waals surface area contributed by atoms with Crippen LogP contribution < -0.4 is 0 Å². The Kier molecular flexibility index (Phi) is 4.52. The number of ketones is 1. The van der Waals surface area contributed by atoms with Gasteiger partial charge in [-0.05, 0) is 23.8 Å². The summed E-state index contributed by atoms with van der Waals surface area (Å²) in [5.41, 5.74) is 2.00. The normalized spacial score (nSPS) is 10.7. The molecule has 3 rings (SSSR count). The first-order valence-corrected chi connectivity index (χ1v) is 7.83. The zero-order valence-electron chi connectivity index (χ0n) is 11.9. The van der Waals surface area contributed by atoms with Crippen molar-refractivity contribution in [2.24, 2.45) is 0 Å². The van der Waals surface area contributed by atoms with E-state index in [4.69, 9.17) is 0 Å². The second kappa shape index (κ2) is 6.75. The van der Waals surface area contributed by atoms with Gasteiger partial charge in [0.2, 0.25) is 0 Å². The maximum atomic E-state index is 13.1. The summed E-state index contributed by atoms with van der Waals surface area (Å²) in [6.07, 6.45) is 1.69. The van der Waals surface area contributed by atoms with Crippen molar-refractivity contribution in [1.29, 1.82) is 0 Å². The van der Waals surface area contributed by atoms with Crippen LogP contribution in [0.4, 0.5) is 8.78 Å². The monoisotopic (exact) mass is 330 g/mol. The van der Waals surface area contributed by atoms with Crippen LogP contribution in [0, 0.1) is 11.6 Å². The molecule has 116 valence electrons. The molecule has 6 heteroatoms. The first-order chi connectivity index (χ1) is 11.1. The van der Waals surface area contributed by atoms with Crippen molar-refractivity contribution >= 4 is 17.5 Å². The standard InChI is InChI=1S/C17H12F2N2OS/c18-13-7-6-12(8-14(13)19)16(22)10-23-17-20-9-15(21-17)11-4-2-1-3-5-11/h1-9H,10H2,(H,20,21). The molecule has 0 spiro atoms. The number of Topliss-reactive ketones (excluding diaryl/α,β-unsaturated/α-hetero) is 1. The number of aromatic nitrogens is 2. The number of rotatable bonds is 5. The molecule has 1 aromatic heterocycles. The van der Waals surface area contributed by atoms with E-state index in [1.54, 1.807) is 6.20 Å². The van der Waals surface area contributed by atoms with E-state index in [0.717, 1.165) is 23.4 Å². The Bertz CT molecular complexity index is 834. The quantitative estimate of drug-likeness (QED) is 0.559. The molecule has 2 aromatic carbocycles. The van der Waals surface area contributed by atoms with E-state index in [1.807, 2.05) is 30.3 Å². The average molecular weight is 330 g/mol. The molecule has 0 saturated carbocycles. The number of carbonyl (C=O) groups excluding carboxylic acids is 1. The van der Waals surface area contributed by atoms with Crippen molar-refractivity contribution in [2.45, 2.75) is 5.16 Å². The number of hydrogen-bond donors (Lipinski definition) is 1. The molecule has 0 aliphatic heterocycles. The third-order valence-corrected chi connectivity index (χ3v) is 4.11. The smallest absolute Gasteiger partial charge is 0.173 e. The third-order valence-electron chi connectivity index (χ3n) is 3.22. The highest BCUT2D eigenvalue weighted by molar-refractivity contribution is 7.99. The molecule has 0 unspecified atom stereocenters. The molecule has 0 amide bonds. The number of nitrogens with one attached hydrogen (secondary N) is 1. The minimum absolute atomic E-state index is 0.0901. The largest absolute Gasteiger partial charge is 0.333 e. The highest BCUT2D eigenvalue weighted by atomic mass is 32.2. The van der Waals surface area contributed by atoms with Crippen LogP contribution in [-0.4, -0.2) is 21.5 Å². The predicted octanol–water partition coefficient (Wildman–Crippen LogP) is 4.33. The van der Waals surface area contributed by atoms with Gasteiger partial charge in [-0.25, -0.2) is 13.8 Å². The van der Waals surface area contributed by atoms with E-state index < -0.39 is 11.6 Å². The van der Waals surface area contributed by atoms with Crippen LogP contribution in [-0.2, 0) is 0 Å². The molecule has 23 heavy (non-hydrogen) atoms. The van der Waals surface area contributed by atoms with Crippen molar-refractivity contribution in [2.75, 3.05) is 5.75 Å². The lowest BCUT2D eigenvalue weighted by Gasteiger charge is -2.01. The van der Waals surface area contributed by atoms with Crippen molar-refractivity contribution in [3.8, 4) is 11.3 Å². The van der Waals surface area contributed by atoms with Crippen LogP contribution in [0.1, 0.15) is 10.4 Å². The van der Waals surface area contributed by atoms with Gasteiger partial charge in [0.1, 0.15) is 0 Å². The molecule has 3 nitrogen and oxygen atoms in total. The Morgan fingerprint density at radius 1 is 1.09 bits per heavy atom. The Hall–Kier alpha value is -2.47. The summed E-state index contributed by atoms with van der Waals surface area (Å²) in [7, 11) is 0. The summed E-state index contributed by atoms with van der Waals surface area (Å²) < 4.78 is 26.0. The molecule has 0 aliphatic carbocycles. The number of nitrogens with zero attached hydrogens (tertiary/aromatic N) is 1. The molecule has 0 bridgehead atoms. The van der Waals surface area contributed by atoms with Crippen molar-refractivity contribution in [3.05, 3.63) is 71.9 Å². The van der Waals surface area contributed by atoms with Crippen LogP contribution >= 0.6 is 11.8 Å². The summed E-state index contributed by atoms with van der Waals surface area (Å²) in [5.74, 6) is -2.18. The Labute approximate surface area is 135 Å². The van der Waals surface area contributed by atoms with Crippen LogP contribution in [0.2, 0.25) is 0 Å². The van der Waals surface area contributed by atoms with E-state index >= 15 is 0 Å². The van der Waals surface area contributed by atoms with Gasteiger partial charge in [0.25, 0.3) is 0 Å². The van der Waals surface area contributed by atoms with Crippen LogP contribution in [0.15, 0.2) is 59.9 Å². The number of aromatic amines is 1. The lowest BCUT2D eigenvalue weighted by Crippen LogP contribution is -2.03. The molecule has 1 N–H and O–H groups in total. The topological polar surface area (TPSA) is 45.8 Å². The van der Waals surface area contributed by atoms with E-state index in [9.17, 15) is 13.6 Å². The number of halogens is 2. The summed E-state index contributed by atoms with van der Waals surface area (Å²) in [6, 6.07) is 12.8. The number of hydrogen-bond acceptors (Lipinski definition) is 3. The van der Waals surface area contributed by atoms with Crippen molar-refractivity contribution in [1.82, 2.24) is 9.97 Å². The molecular weight excluding hydrogens is 318 g/mol. The van der Waals surface area contributed by atoms with Gasteiger partial charge in [-0.3, -0.25) is 4.79 Å². The first kappa shape index (κ1) is 15.4. The fourth-order valence-electron chi connectivity index (χ4n) is 2.03. The van der Waals surface area contributed by atoms with Crippen LogP contribution in [0.25, 0.3) is 11.3 Å². The molecule has 0 aliphatic rings. The summed E-state index contributed by atoms with van der Waals surface area (Å²) in [5, 5.41) is 0.597. The van der Waals surface area contributed by atoms with Gasteiger partial charge < -0.3 is 4.98 Å². The molecule has 0 atom stereocenters. The highest BCUT2D eigenvalue weighted by Gasteiger charge is 2.11. The van der Waals surface area contributed by atoms with Gasteiger partial charge in [-0.1, -0.05) is 42.1 Å². The van der Waals surface area contributed by atoms with Gasteiger partial charge in [-0.2, -0.15) is 0 Å². The van der Waals surface area contributed by atoms with Gasteiger partial charge >= 0.3 is 0 Å². The maximum absolute atomic E-state index is 13.1. The number of benzene rings is 2. The highest BCUT2D eigenvalue weighted by Crippen LogP contribution is 2.22. The fourth-order valence-corrected chi connectivity index (χ4v) is 2.77. The molecule has 0 fully saturated rings. The van der Waals surface area contributed by atoms with Gasteiger partial charge in [0, 0.05) is 5.56 Å².